The number of hydrogen-bond donors (Lipinski definition) is 1. The van der Waals surface area contributed by atoms with Crippen molar-refractivity contribution >= 4 is 17.3 Å². The third kappa shape index (κ3) is 3.23. The van der Waals surface area contributed by atoms with E-state index in [-0.39, 0.29) is 24.7 Å². The van der Waals surface area contributed by atoms with E-state index >= 15 is 0 Å². The monoisotopic (exact) mass is 294 g/mol. The molecule has 2 aromatic rings. The summed E-state index contributed by atoms with van der Waals surface area (Å²) in [5, 5.41) is 20.4. The van der Waals surface area contributed by atoms with Crippen molar-refractivity contribution in [2.75, 3.05) is 0 Å². The van der Waals surface area contributed by atoms with Crippen LogP contribution in [0.15, 0.2) is 36.7 Å². The molecule has 0 amide bonds. The lowest BCUT2D eigenvalue weighted by molar-refractivity contribution is -0.386. The number of nitrogens with zero attached hydrogens (tertiary/aromatic N) is 2. The fourth-order valence-electron chi connectivity index (χ4n) is 1.60. The molecule has 0 aliphatic carbocycles. The molecule has 0 atom stereocenters. The van der Waals surface area contributed by atoms with E-state index in [2.05, 4.69) is 4.98 Å². The van der Waals surface area contributed by atoms with Crippen molar-refractivity contribution in [3.8, 4) is 5.75 Å². The van der Waals surface area contributed by atoms with Gasteiger partial charge in [-0.25, -0.2) is 0 Å². The molecule has 0 unspecified atom stereocenters. The van der Waals surface area contributed by atoms with Crippen LogP contribution in [0.1, 0.15) is 11.1 Å². The van der Waals surface area contributed by atoms with Gasteiger partial charge < -0.3 is 9.84 Å². The molecule has 0 fully saturated rings. The third-order valence-electron chi connectivity index (χ3n) is 2.64. The van der Waals surface area contributed by atoms with Crippen LogP contribution < -0.4 is 4.74 Å². The smallest absolute Gasteiger partial charge is 0.310 e. The first-order valence-corrected chi connectivity index (χ1v) is 6.09. The topological polar surface area (TPSA) is 85.5 Å². The number of pyridine rings is 1. The summed E-state index contributed by atoms with van der Waals surface area (Å²) in [6, 6.07) is 5.89. The zero-order chi connectivity index (χ0) is 14.5. The molecule has 104 valence electrons. The lowest BCUT2D eigenvalue weighted by Gasteiger charge is -2.09. The SMILES string of the molecule is O=[N+]([O-])c1ccc(CO)cc1OCc1ccncc1Cl. The maximum atomic E-state index is 10.9. The summed E-state index contributed by atoms with van der Waals surface area (Å²) in [6.45, 7) is -0.137. The molecule has 0 radical (unpaired) electrons. The second kappa shape index (κ2) is 6.31. The first kappa shape index (κ1) is 14.2. The molecule has 1 N–H and O–H groups in total. The second-order valence-corrected chi connectivity index (χ2v) is 4.38. The normalized spacial score (nSPS) is 10.3. The number of aromatic nitrogens is 1. The molecule has 6 nitrogen and oxygen atoms in total. The molecular formula is C13H11ClN2O4. The summed E-state index contributed by atoms with van der Waals surface area (Å²) in [7, 11) is 0. The summed E-state index contributed by atoms with van der Waals surface area (Å²) >= 11 is 5.93. The van der Waals surface area contributed by atoms with Gasteiger partial charge in [-0.3, -0.25) is 15.1 Å². The molecule has 0 saturated heterocycles. The van der Waals surface area contributed by atoms with Crippen LogP contribution >= 0.6 is 11.6 Å². The molecule has 2 rings (SSSR count). The molecule has 0 bridgehead atoms. The zero-order valence-corrected chi connectivity index (χ0v) is 11.1. The standard InChI is InChI=1S/C13H11ClN2O4/c14-11-6-15-4-3-10(11)8-20-13-5-9(7-17)1-2-12(13)16(18)19/h1-6,17H,7-8H2. The Morgan fingerprint density at radius 3 is 2.85 bits per heavy atom. The predicted molar refractivity (Wildman–Crippen MR) is 72.6 cm³/mol. The molecule has 1 aromatic carbocycles. The van der Waals surface area contributed by atoms with Crippen LogP contribution in [0.2, 0.25) is 5.02 Å². The maximum Gasteiger partial charge on any atom is 0.310 e. The highest BCUT2D eigenvalue weighted by molar-refractivity contribution is 6.31. The molecule has 0 spiro atoms. The van der Waals surface area contributed by atoms with Crippen LogP contribution in [-0.2, 0) is 13.2 Å². The first-order valence-electron chi connectivity index (χ1n) is 5.71. The van der Waals surface area contributed by atoms with E-state index < -0.39 is 4.92 Å². The van der Waals surface area contributed by atoms with E-state index in [1.807, 2.05) is 0 Å². The molecule has 0 aliphatic heterocycles. The third-order valence-corrected chi connectivity index (χ3v) is 2.98. The predicted octanol–water partition coefficient (Wildman–Crippen LogP) is 2.71. The first-order chi connectivity index (χ1) is 9.61. The number of nitro benzene ring substituents is 1. The molecule has 1 heterocycles. The van der Waals surface area contributed by atoms with Gasteiger partial charge in [0.1, 0.15) is 6.61 Å². The van der Waals surface area contributed by atoms with Gasteiger partial charge in [-0.2, -0.15) is 0 Å². The van der Waals surface area contributed by atoms with Crippen molar-refractivity contribution < 1.29 is 14.8 Å². The number of halogens is 1. The van der Waals surface area contributed by atoms with Gasteiger partial charge in [0.15, 0.2) is 5.75 Å². The molecule has 0 saturated carbocycles. The second-order valence-electron chi connectivity index (χ2n) is 3.97. The Morgan fingerprint density at radius 1 is 1.40 bits per heavy atom. The Bertz CT molecular complexity index is 634. The van der Waals surface area contributed by atoms with E-state index in [1.165, 1.54) is 24.4 Å². The highest BCUT2D eigenvalue weighted by atomic mass is 35.5. The molecule has 7 heteroatoms. The van der Waals surface area contributed by atoms with Crippen molar-refractivity contribution in [3.63, 3.8) is 0 Å². The minimum atomic E-state index is -0.537. The van der Waals surface area contributed by atoms with E-state index in [1.54, 1.807) is 12.3 Å². The van der Waals surface area contributed by atoms with Gasteiger partial charge in [-0.05, 0) is 23.8 Å². The number of aliphatic hydroxyl groups excluding tert-OH is 1. The molecular weight excluding hydrogens is 284 g/mol. The van der Waals surface area contributed by atoms with Gasteiger partial charge in [-0.1, -0.05) is 11.6 Å². The summed E-state index contributed by atoms with van der Waals surface area (Å²) in [6.07, 6.45) is 3.03. The summed E-state index contributed by atoms with van der Waals surface area (Å²) < 4.78 is 5.44. The highest BCUT2D eigenvalue weighted by Crippen LogP contribution is 2.29. The Labute approximate surface area is 119 Å². The van der Waals surface area contributed by atoms with Crippen LogP contribution in [0, 0.1) is 10.1 Å². The van der Waals surface area contributed by atoms with Crippen LogP contribution in [0.5, 0.6) is 5.75 Å². The summed E-state index contributed by atoms with van der Waals surface area (Å²) in [4.78, 5) is 14.2. The Kier molecular flexibility index (Phi) is 4.49. The van der Waals surface area contributed by atoms with Gasteiger partial charge >= 0.3 is 5.69 Å². The van der Waals surface area contributed by atoms with E-state index in [9.17, 15) is 10.1 Å². The van der Waals surface area contributed by atoms with Gasteiger partial charge in [0.05, 0.1) is 16.6 Å². The number of hydrogen-bond acceptors (Lipinski definition) is 5. The average Bonchev–Trinajstić information content (AvgIpc) is 2.46. The quantitative estimate of drug-likeness (QED) is 0.677. The van der Waals surface area contributed by atoms with Gasteiger partial charge in [0, 0.05) is 24.0 Å². The molecule has 0 aliphatic rings. The largest absolute Gasteiger partial charge is 0.482 e. The minimum absolute atomic E-state index is 0.0804. The highest BCUT2D eigenvalue weighted by Gasteiger charge is 2.16. The van der Waals surface area contributed by atoms with Crippen molar-refractivity contribution in [2.45, 2.75) is 13.2 Å². The van der Waals surface area contributed by atoms with Crippen molar-refractivity contribution in [1.82, 2.24) is 4.98 Å². The zero-order valence-electron chi connectivity index (χ0n) is 10.3. The maximum absolute atomic E-state index is 10.9. The van der Waals surface area contributed by atoms with Gasteiger partial charge in [0.2, 0.25) is 0 Å². The van der Waals surface area contributed by atoms with Crippen LogP contribution in [-0.4, -0.2) is 15.0 Å². The van der Waals surface area contributed by atoms with Gasteiger partial charge in [0.25, 0.3) is 0 Å². The summed E-state index contributed by atoms with van der Waals surface area (Å²) in [5.74, 6) is 0.0921. The van der Waals surface area contributed by atoms with E-state index in [0.717, 1.165) is 0 Å². The number of rotatable bonds is 5. The number of nitro groups is 1. The molecule has 1 aromatic heterocycles. The summed E-state index contributed by atoms with van der Waals surface area (Å²) in [5.41, 5.74) is 1.05. The Morgan fingerprint density at radius 2 is 2.20 bits per heavy atom. The lowest BCUT2D eigenvalue weighted by Crippen LogP contribution is -2.01. The Balaban J connectivity index is 2.24. The van der Waals surface area contributed by atoms with Gasteiger partial charge in [-0.15, -0.1) is 0 Å². The number of ether oxygens (including phenoxy) is 1. The number of benzene rings is 1. The lowest BCUT2D eigenvalue weighted by atomic mass is 10.2. The van der Waals surface area contributed by atoms with Crippen molar-refractivity contribution in [1.29, 1.82) is 0 Å². The Hall–Kier alpha value is -2.18. The van der Waals surface area contributed by atoms with Crippen molar-refractivity contribution in [2.24, 2.45) is 0 Å². The number of aliphatic hydroxyl groups is 1. The molecule has 20 heavy (non-hydrogen) atoms. The van der Waals surface area contributed by atoms with E-state index in [0.29, 0.717) is 16.1 Å². The van der Waals surface area contributed by atoms with Crippen LogP contribution in [0.4, 0.5) is 5.69 Å². The van der Waals surface area contributed by atoms with Crippen molar-refractivity contribution in [3.05, 3.63) is 62.9 Å². The van der Waals surface area contributed by atoms with Crippen LogP contribution in [0.3, 0.4) is 0 Å². The fraction of sp³-hybridized carbons (Fsp3) is 0.154. The minimum Gasteiger partial charge on any atom is -0.482 e. The van der Waals surface area contributed by atoms with Crippen LogP contribution in [0.25, 0.3) is 0 Å². The fourth-order valence-corrected chi connectivity index (χ4v) is 1.77. The average molecular weight is 295 g/mol. The van der Waals surface area contributed by atoms with E-state index in [4.69, 9.17) is 21.4 Å².